The number of aryl methyl sites for hydroxylation is 1. The van der Waals surface area contributed by atoms with E-state index < -0.39 is 17.3 Å². The molecule has 1 aliphatic heterocycles. The monoisotopic (exact) mass is 368 g/mol. The van der Waals surface area contributed by atoms with E-state index in [1.807, 2.05) is 24.3 Å². The number of carboxylic acid groups (broad SMARTS) is 1. The molecule has 2 aromatic rings. The molecule has 140 valence electrons. The smallest absolute Gasteiger partial charge is 0.341 e. The first kappa shape index (κ1) is 17.3. The van der Waals surface area contributed by atoms with E-state index in [0.717, 1.165) is 24.5 Å². The van der Waals surface area contributed by atoms with Crippen LogP contribution in [0.1, 0.15) is 39.5 Å². The fourth-order valence-corrected chi connectivity index (χ4v) is 4.25. The number of rotatable bonds is 2. The third kappa shape index (κ3) is 2.89. The van der Waals surface area contributed by atoms with Crippen molar-refractivity contribution in [2.75, 3.05) is 13.1 Å². The Hall–Kier alpha value is -3.09. The highest BCUT2D eigenvalue weighted by molar-refractivity contribution is 5.92. The SMILES string of the molecule is O=C(O)c1c(O)cc(=O)n2c1CCN(C(=O)[C@@H]1CCc3ccccc31)CC2. The third-order valence-corrected chi connectivity index (χ3v) is 5.57. The number of pyridine rings is 1. The van der Waals surface area contributed by atoms with Gasteiger partial charge in [-0.05, 0) is 24.0 Å². The number of hydrogen-bond acceptors (Lipinski definition) is 4. The molecule has 27 heavy (non-hydrogen) atoms. The number of carbonyl (C=O) groups excluding carboxylic acids is 1. The summed E-state index contributed by atoms with van der Waals surface area (Å²) in [6.45, 7) is 0.879. The van der Waals surface area contributed by atoms with Crippen LogP contribution in [-0.4, -0.2) is 44.6 Å². The Labute approximate surface area is 155 Å². The predicted octanol–water partition coefficient (Wildman–Crippen LogP) is 1.37. The van der Waals surface area contributed by atoms with Gasteiger partial charge in [0.15, 0.2) is 0 Å². The van der Waals surface area contributed by atoms with Crippen molar-refractivity contribution in [3.8, 4) is 5.75 Å². The molecule has 7 nitrogen and oxygen atoms in total. The van der Waals surface area contributed by atoms with Gasteiger partial charge < -0.3 is 19.7 Å². The molecule has 0 fully saturated rings. The summed E-state index contributed by atoms with van der Waals surface area (Å²) >= 11 is 0. The second kappa shape index (κ2) is 6.57. The largest absolute Gasteiger partial charge is 0.507 e. The molecule has 0 saturated carbocycles. The molecule has 7 heteroatoms. The van der Waals surface area contributed by atoms with Gasteiger partial charge in [0.2, 0.25) is 5.91 Å². The number of hydrogen-bond donors (Lipinski definition) is 2. The van der Waals surface area contributed by atoms with Crippen molar-refractivity contribution in [1.29, 1.82) is 0 Å². The third-order valence-electron chi connectivity index (χ3n) is 5.57. The number of amides is 1. The van der Waals surface area contributed by atoms with Crippen LogP contribution in [0.25, 0.3) is 0 Å². The lowest BCUT2D eigenvalue weighted by Gasteiger charge is -2.24. The Morgan fingerprint density at radius 2 is 1.85 bits per heavy atom. The zero-order chi connectivity index (χ0) is 19.1. The molecule has 0 spiro atoms. The van der Waals surface area contributed by atoms with Crippen LogP contribution in [0.3, 0.4) is 0 Å². The molecule has 2 heterocycles. The number of carboxylic acids is 1. The summed E-state index contributed by atoms with van der Waals surface area (Å²) in [5.41, 5.74) is 1.83. The van der Waals surface area contributed by atoms with Gasteiger partial charge in [-0.3, -0.25) is 9.59 Å². The molecule has 0 bridgehead atoms. The van der Waals surface area contributed by atoms with Crippen molar-refractivity contribution >= 4 is 11.9 Å². The first-order valence-electron chi connectivity index (χ1n) is 9.03. The lowest BCUT2D eigenvalue weighted by molar-refractivity contribution is -0.132. The molecule has 4 rings (SSSR count). The average molecular weight is 368 g/mol. The Bertz CT molecular complexity index is 994. The second-order valence-electron chi connectivity index (χ2n) is 7.01. The van der Waals surface area contributed by atoms with Crippen molar-refractivity contribution in [3.05, 3.63) is 63.1 Å². The molecule has 0 saturated heterocycles. The highest BCUT2D eigenvalue weighted by Gasteiger charge is 2.33. The number of aromatic carboxylic acids is 1. The van der Waals surface area contributed by atoms with Crippen LogP contribution in [-0.2, 0) is 24.2 Å². The number of nitrogens with zero attached hydrogens (tertiary/aromatic N) is 2. The minimum atomic E-state index is -1.28. The van der Waals surface area contributed by atoms with Crippen molar-refractivity contribution in [3.63, 3.8) is 0 Å². The van der Waals surface area contributed by atoms with Gasteiger partial charge in [0, 0.05) is 37.8 Å². The van der Waals surface area contributed by atoms with Crippen LogP contribution in [0.2, 0.25) is 0 Å². The number of carbonyl (C=O) groups is 2. The van der Waals surface area contributed by atoms with Gasteiger partial charge in [0.05, 0.1) is 5.92 Å². The summed E-state index contributed by atoms with van der Waals surface area (Å²) in [5, 5.41) is 19.3. The molecule has 0 radical (unpaired) electrons. The molecule has 1 aromatic heterocycles. The van der Waals surface area contributed by atoms with Crippen LogP contribution >= 0.6 is 0 Å². The fraction of sp³-hybridized carbons (Fsp3) is 0.350. The van der Waals surface area contributed by atoms with E-state index in [9.17, 15) is 24.6 Å². The number of aromatic nitrogens is 1. The maximum Gasteiger partial charge on any atom is 0.341 e. The van der Waals surface area contributed by atoms with E-state index in [2.05, 4.69) is 0 Å². The standard InChI is InChI=1S/C20H20N2O5/c23-16-11-17(24)22-10-9-21(8-7-15(22)18(16)20(26)27)19(25)14-6-5-12-3-1-2-4-13(12)14/h1-4,11,14,23H,5-10H2,(H,26,27)/t14-/m1/s1. The predicted molar refractivity (Wildman–Crippen MR) is 97.1 cm³/mol. The molecule has 1 aliphatic carbocycles. The minimum Gasteiger partial charge on any atom is -0.507 e. The quantitative estimate of drug-likeness (QED) is 0.834. The first-order chi connectivity index (χ1) is 13.0. The summed E-state index contributed by atoms with van der Waals surface area (Å²) in [6, 6.07) is 8.87. The molecule has 1 aromatic carbocycles. The highest BCUT2D eigenvalue weighted by atomic mass is 16.4. The Morgan fingerprint density at radius 3 is 2.63 bits per heavy atom. The van der Waals surface area contributed by atoms with Crippen LogP contribution in [0.4, 0.5) is 0 Å². The summed E-state index contributed by atoms with van der Waals surface area (Å²) in [6.07, 6.45) is 1.85. The second-order valence-corrected chi connectivity index (χ2v) is 7.01. The van der Waals surface area contributed by atoms with Gasteiger partial charge >= 0.3 is 5.97 Å². The molecule has 0 unspecified atom stereocenters. The van der Waals surface area contributed by atoms with Gasteiger partial charge in [-0.2, -0.15) is 0 Å². The van der Waals surface area contributed by atoms with Gasteiger partial charge in [0.1, 0.15) is 11.3 Å². The van der Waals surface area contributed by atoms with Crippen LogP contribution in [0.5, 0.6) is 5.75 Å². The first-order valence-corrected chi connectivity index (χ1v) is 9.03. The van der Waals surface area contributed by atoms with E-state index >= 15 is 0 Å². The van der Waals surface area contributed by atoms with E-state index in [4.69, 9.17) is 0 Å². The van der Waals surface area contributed by atoms with E-state index in [0.29, 0.717) is 13.1 Å². The lowest BCUT2D eigenvalue weighted by atomic mass is 9.99. The van der Waals surface area contributed by atoms with Crippen molar-refractivity contribution in [1.82, 2.24) is 9.47 Å². The van der Waals surface area contributed by atoms with Gasteiger partial charge in [-0.15, -0.1) is 0 Å². The van der Waals surface area contributed by atoms with E-state index in [-0.39, 0.29) is 36.0 Å². The Balaban J connectivity index is 1.62. The Morgan fingerprint density at radius 1 is 1.07 bits per heavy atom. The molecule has 2 N–H and O–H groups in total. The summed E-state index contributed by atoms with van der Waals surface area (Å²) in [7, 11) is 0. The molecule has 2 aliphatic rings. The number of fused-ring (bicyclic) bond motifs is 2. The summed E-state index contributed by atoms with van der Waals surface area (Å²) < 4.78 is 1.36. The summed E-state index contributed by atoms with van der Waals surface area (Å²) in [4.78, 5) is 38.6. The molecule has 1 amide bonds. The van der Waals surface area contributed by atoms with Gasteiger partial charge in [-0.25, -0.2) is 4.79 Å². The topological polar surface area (TPSA) is 99.8 Å². The zero-order valence-corrected chi connectivity index (χ0v) is 14.7. The van der Waals surface area contributed by atoms with E-state index in [1.165, 1.54) is 10.1 Å². The molecular weight excluding hydrogens is 348 g/mol. The van der Waals surface area contributed by atoms with Gasteiger partial charge in [0.25, 0.3) is 5.56 Å². The van der Waals surface area contributed by atoms with Crippen LogP contribution < -0.4 is 5.56 Å². The normalized spacial score (nSPS) is 18.5. The molecular formula is C20H20N2O5. The fourth-order valence-electron chi connectivity index (χ4n) is 4.25. The van der Waals surface area contributed by atoms with Crippen molar-refractivity contribution in [2.24, 2.45) is 0 Å². The van der Waals surface area contributed by atoms with Gasteiger partial charge in [-0.1, -0.05) is 24.3 Å². The van der Waals surface area contributed by atoms with Crippen molar-refractivity contribution < 1.29 is 19.8 Å². The summed E-state index contributed by atoms with van der Waals surface area (Å²) in [5.74, 6) is -1.97. The van der Waals surface area contributed by atoms with E-state index in [1.54, 1.807) is 4.90 Å². The number of aromatic hydroxyl groups is 1. The lowest BCUT2D eigenvalue weighted by Crippen LogP contribution is -2.37. The van der Waals surface area contributed by atoms with Crippen LogP contribution in [0.15, 0.2) is 35.1 Å². The zero-order valence-electron chi connectivity index (χ0n) is 14.7. The minimum absolute atomic E-state index is 0.0157. The highest BCUT2D eigenvalue weighted by Crippen LogP contribution is 2.34. The maximum absolute atomic E-state index is 13.1. The molecule has 1 atom stereocenters. The maximum atomic E-state index is 13.1. The number of benzene rings is 1. The Kier molecular flexibility index (Phi) is 4.22. The van der Waals surface area contributed by atoms with Crippen LogP contribution in [0, 0.1) is 0 Å². The van der Waals surface area contributed by atoms with Crippen molar-refractivity contribution in [2.45, 2.75) is 31.7 Å². The average Bonchev–Trinajstić information content (AvgIpc) is 2.93.